The summed E-state index contributed by atoms with van der Waals surface area (Å²) in [4.78, 5) is 5.42. The molecule has 112 valence electrons. The minimum atomic E-state index is 0.755. The van der Waals surface area contributed by atoms with Crippen LogP contribution >= 0.6 is 0 Å². The average molecular weight is 267 g/mol. The molecule has 0 radical (unpaired) electrons. The lowest BCUT2D eigenvalue weighted by Crippen LogP contribution is -2.46. The Balaban J connectivity index is 1.96. The van der Waals surface area contributed by atoms with Gasteiger partial charge in [0.05, 0.1) is 0 Å². The molecular weight excluding hydrogens is 234 g/mol. The summed E-state index contributed by atoms with van der Waals surface area (Å²) in [6, 6.07) is 1.58. The summed E-state index contributed by atoms with van der Waals surface area (Å²) in [5.41, 5.74) is 5.99. The van der Waals surface area contributed by atoms with Crippen LogP contribution in [0.25, 0.3) is 0 Å². The third kappa shape index (κ3) is 3.71. The van der Waals surface area contributed by atoms with Crippen LogP contribution in [0.2, 0.25) is 0 Å². The van der Waals surface area contributed by atoms with Gasteiger partial charge in [-0.25, -0.2) is 0 Å². The topological polar surface area (TPSA) is 32.5 Å². The predicted molar refractivity (Wildman–Crippen MR) is 82.3 cm³/mol. The molecular formula is C16H33N3. The number of likely N-dealkylation sites (tertiary alicyclic amines) is 1. The summed E-state index contributed by atoms with van der Waals surface area (Å²) in [5.74, 6) is 0.755. The van der Waals surface area contributed by atoms with E-state index in [1.807, 2.05) is 0 Å². The molecule has 2 N–H and O–H groups in total. The second kappa shape index (κ2) is 7.61. The van der Waals surface area contributed by atoms with E-state index in [4.69, 9.17) is 5.73 Å². The highest BCUT2D eigenvalue weighted by atomic mass is 15.2. The van der Waals surface area contributed by atoms with Gasteiger partial charge in [0, 0.05) is 12.1 Å². The first-order valence-corrected chi connectivity index (χ1v) is 8.48. The lowest BCUT2D eigenvalue weighted by molar-refractivity contribution is 0.103. The van der Waals surface area contributed by atoms with Gasteiger partial charge >= 0.3 is 0 Å². The Kier molecular flexibility index (Phi) is 6.11. The van der Waals surface area contributed by atoms with E-state index < -0.39 is 0 Å². The zero-order valence-electron chi connectivity index (χ0n) is 13.0. The van der Waals surface area contributed by atoms with E-state index in [1.54, 1.807) is 0 Å². The number of hydrogen-bond donors (Lipinski definition) is 1. The predicted octanol–water partition coefficient (Wildman–Crippen LogP) is 2.31. The van der Waals surface area contributed by atoms with E-state index in [1.165, 1.54) is 64.7 Å². The smallest absolute Gasteiger partial charge is 0.0138 e. The second-order valence-corrected chi connectivity index (χ2v) is 6.34. The maximum absolute atomic E-state index is 5.99. The Morgan fingerprint density at radius 2 is 1.89 bits per heavy atom. The summed E-state index contributed by atoms with van der Waals surface area (Å²) in [5, 5.41) is 0. The van der Waals surface area contributed by atoms with E-state index in [0.717, 1.165) is 24.5 Å². The molecule has 19 heavy (non-hydrogen) atoms. The van der Waals surface area contributed by atoms with Crippen molar-refractivity contribution in [2.75, 3.05) is 32.7 Å². The number of nitrogens with zero attached hydrogens (tertiary/aromatic N) is 2. The lowest BCUT2D eigenvalue weighted by Gasteiger charge is -2.38. The Morgan fingerprint density at radius 3 is 2.58 bits per heavy atom. The molecule has 1 heterocycles. The first kappa shape index (κ1) is 15.3. The number of nitrogens with two attached hydrogens (primary N) is 1. The highest BCUT2D eigenvalue weighted by molar-refractivity contribution is 4.89. The molecule has 0 amide bonds. The molecule has 3 heteroatoms. The third-order valence-electron chi connectivity index (χ3n) is 5.42. The molecule has 2 fully saturated rings. The van der Waals surface area contributed by atoms with Crippen molar-refractivity contribution in [3.05, 3.63) is 0 Å². The van der Waals surface area contributed by atoms with E-state index in [0.29, 0.717) is 0 Å². The molecule has 0 aromatic heterocycles. The lowest BCUT2D eigenvalue weighted by atomic mass is 9.98. The van der Waals surface area contributed by atoms with Crippen LogP contribution in [0.1, 0.15) is 52.4 Å². The van der Waals surface area contributed by atoms with Crippen molar-refractivity contribution in [1.29, 1.82) is 0 Å². The zero-order valence-corrected chi connectivity index (χ0v) is 13.0. The van der Waals surface area contributed by atoms with E-state index >= 15 is 0 Å². The van der Waals surface area contributed by atoms with Gasteiger partial charge in [-0.2, -0.15) is 0 Å². The average Bonchev–Trinajstić information content (AvgIpc) is 2.77. The number of rotatable bonds is 5. The van der Waals surface area contributed by atoms with Crippen molar-refractivity contribution < 1.29 is 0 Å². The Morgan fingerprint density at radius 1 is 1.05 bits per heavy atom. The second-order valence-electron chi connectivity index (χ2n) is 6.34. The van der Waals surface area contributed by atoms with Crippen LogP contribution in [-0.2, 0) is 0 Å². The van der Waals surface area contributed by atoms with Gasteiger partial charge in [-0.3, -0.25) is 4.90 Å². The van der Waals surface area contributed by atoms with Crippen molar-refractivity contribution in [2.24, 2.45) is 11.7 Å². The van der Waals surface area contributed by atoms with Gasteiger partial charge in [-0.1, -0.05) is 20.3 Å². The monoisotopic (exact) mass is 267 g/mol. The molecule has 0 bridgehead atoms. The SMILES string of the molecule is CCN1CCCC(N(CC)C2CCCC2CN)CC1. The summed E-state index contributed by atoms with van der Waals surface area (Å²) >= 11 is 0. The molecule has 2 rings (SSSR count). The molecule has 3 unspecified atom stereocenters. The molecule has 0 spiro atoms. The Labute approximate surface area is 119 Å². The fourth-order valence-electron chi connectivity index (χ4n) is 4.28. The molecule has 0 aromatic carbocycles. The van der Waals surface area contributed by atoms with Crippen molar-refractivity contribution in [3.63, 3.8) is 0 Å². The normalized spacial score (nSPS) is 33.8. The van der Waals surface area contributed by atoms with Crippen molar-refractivity contribution >= 4 is 0 Å². The largest absolute Gasteiger partial charge is 0.330 e. The summed E-state index contributed by atoms with van der Waals surface area (Å²) in [7, 11) is 0. The van der Waals surface area contributed by atoms with Gasteiger partial charge in [0.2, 0.25) is 0 Å². The third-order valence-corrected chi connectivity index (χ3v) is 5.42. The minimum absolute atomic E-state index is 0.755. The molecule has 1 aliphatic carbocycles. The number of hydrogen-bond acceptors (Lipinski definition) is 3. The Hall–Kier alpha value is -0.120. The van der Waals surface area contributed by atoms with Gasteiger partial charge in [0.1, 0.15) is 0 Å². The van der Waals surface area contributed by atoms with Crippen molar-refractivity contribution in [3.8, 4) is 0 Å². The summed E-state index contributed by atoms with van der Waals surface area (Å²) < 4.78 is 0. The quantitative estimate of drug-likeness (QED) is 0.829. The molecule has 3 atom stereocenters. The summed E-state index contributed by atoms with van der Waals surface area (Å²) in [6.07, 6.45) is 8.23. The van der Waals surface area contributed by atoms with Crippen LogP contribution < -0.4 is 5.73 Å². The van der Waals surface area contributed by atoms with Gasteiger partial charge < -0.3 is 10.6 Å². The molecule has 2 aliphatic rings. The standard InChI is InChI=1S/C16H33N3/c1-3-18-11-6-8-15(10-12-18)19(4-2)16-9-5-7-14(16)13-17/h14-16H,3-13,17H2,1-2H3. The van der Waals surface area contributed by atoms with Crippen LogP contribution in [0.5, 0.6) is 0 Å². The first-order valence-electron chi connectivity index (χ1n) is 8.48. The highest BCUT2D eigenvalue weighted by Gasteiger charge is 2.34. The van der Waals surface area contributed by atoms with Crippen LogP contribution in [0.4, 0.5) is 0 Å². The molecule has 1 saturated carbocycles. The van der Waals surface area contributed by atoms with Crippen LogP contribution in [0.3, 0.4) is 0 Å². The van der Waals surface area contributed by atoms with Crippen LogP contribution in [0.15, 0.2) is 0 Å². The van der Waals surface area contributed by atoms with Gasteiger partial charge in [-0.15, -0.1) is 0 Å². The molecule has 1 aliphatic heterocycles. The van der Waals surface area contributed by atoms with Crippen LogP contribution in [0, 0.1) is 5.92 Å². The zero-order chi connectivity index (χ0) is 13.7. The fourth-order valence-corrected chi connectivity index (χ4v) is 4.28. The van der Waals surface area contributed by atoms with E-state index in [9.17, 15) is 0 Å². The fraction of sp³-hybridized carbons (Fsp3) is 1.00. The molecule has 3 nitrogen and oxygen atoms in total. The first-order chi connectivity index (χ1) is 9.30. The summed E-state index contributed by atoms with van der Waals surface area (Å²) in [6.45, 7) is 10.5. The Bertz CT molecular complexity index is 256. The van der Waals surface area contributed by atoms with Gasteiger partial charge in [0.25, 0.3) is 0 Å². The maximum atomic E-state index is 5.99. The van der Waals surface area contributed by atoms with Crippen molar-refractivity contribution in [1.82, 2.24) is 9.80 Å². The highest BCUT2D eigenvalue weighted by Crippen LogP contribution is 2.32. The van der Waals surface area contributed by atoms with Gasteiger partial charge in [-0.05, 0) is 70.7 Å². The van der Waals surface area contributed by atoms with Crippen molar-refractivity contribution in [2.45, 2.75) is 64.5 Å². The maximum Gasteiger partial charge on any atom is 0.0138 e. The van der Waals surface area contributed by atoms with E-state index in [-0.39, 0.29) is 0 Å². The van der Waals surface area contributed by atoms with Crippen LogP contribution in [-0.4, -0.2) is 54.6 Å². The molecule has 1 saturated heterocycles. The van der Waals surface area contributed by atoms with E-state index in [2.05, 4.69) is 23.6 Å². The van der Waals surface area contributed by atoms with Gasteiger partial charge in [0.15, 0.2) is 0 Å². The minimum Gasteiger partial charge on any atom is -0.330 e. The molecule has 0 aromatic rings.